The van der Waals surface area contributed by atoms with Crippen LogP contribution in [0.5, 0.6) is 0 Å². The van der Waals surface area contributed by atoms with Crippen molar-refractivity contribution in [3.05, 3.63) is 64.4 Å². The summed E-state index contributed by atoms with van der Waals surface area (Å²) in [4.78, 5) is 8.33. The Morgan fingerprint density at radius 1 is 1.17 bits per heavy atom. The van der Waals surface area contributed by atoms with E-state index in [1.165, 1.54) is 11.1 Å². The molecule has 2 rings (SSSR count). The van der Waals surface area contributed by atoms with Crippen molar-refractivity contribution in [2.24, 2.45) is 4.99 Å². The molecule has 0 aliphatic heterocycles. The molecule has 0 saturated heterocycles. The molecule has 5 nitrogen and oxygen atoms in total. The van der Waals surface area contributed by atoms with Crippen LogP contribution in [0.4, 0.5) is 0 Å². The van der Waals surface area contributed by atoms with E-state index in [4.69, 9.17) is 16.3 Å². The number of nitrogens with zero attached hydrogens (tertiary/aromatic N) is 2. The first-order valence-electron chi connectivity index (χ1n) is 7.83. The number of nitrogens with one attached hydrogen (secondary N) is 2. The van der Waals surface area contributed by atoms with E-state index in [1.807, 2.05) is 18.2 Å². The van der Waals surface area contributed by atoms with Crippen LogP contribution >= 0.6 is 11.6 Å². The van der Waals surface area contributed by atoms with Gasteiger partial charge in [-0.1, -0.05) is 41.9 Å². The van der Waals surface area contributed by atoms with E-state index >= 15 is 0 Å². The predicted molar refractivity (Wildman–Crippen MR) is 98.3 cm³/mol. The van der Waals surface area contributed by atoms with Crippen LogP contribution in [0.25, 0.3) is 0 Å². The number of ether oxygens (including phenoxy) is 1. The zero-order valence-electron chi connectivity index (χ0n) is 14.1. The topological polar surface area (TPSA) is 58.5 Å². The van der Waals surface area contributed by atoms with Crippen molar-refractivity contribution in [3.63, 3.8) is 0 Å². The summed E-state index contributed by atoms with van der Waals surface area (Å²) in [7, 11) is 3.47. The Balaban J connectivity index is 1.81. The molecular weight excluding hydrogens is 324 g/mol. The number of halogens is 1. The van der Waals surface area contributed by atoms with Crippen LogP contribution in [0.15, 0.2) is 47.6 Å². The van der Waals surface area contributed by atoms with Gasteiger partial charge in [0.1, 0.15) is 5.15 Å². The number of aromatic nitrogens is 1. The van der Waals surface area contributed by atoms with Crippen molar-refractivity contribution in [2.75, 3.05) is 20.7 Å². The molecule has 128 valence electrons. The van der Waals surface area contributed by atoms with Gasteiger partial charge in [0.25, 0.3) is 0 Å². The molecule has 0 aliphatic carbocycles. The molecule has 2 aromatic rings. The number of hydrogen-bond donors (Lipinski definition) is 2. The van der Waals surface area contributed by atoms with Crippen LogP contribution in [-0.2, 0) is 24.3 Å². The maximum atomic E-state index is 5.79. The van der Waals surface area contributed by atoms with Crippen LogP contribution in [0.2, 0.25) is 5.15 Å². The maximum absolute atomic E-state index is 5.79. The molecule has 1 aromatic carbocycles. The third-order valence-electron chi connectivity index (χ3n) is 3.58. The highest BCUT2D eigenvalue weighted by atomic mass is 35.5. The molecular formula is C18H23ClN4O. The van der Waals surface area contributed by atoms with Crippen molar-refractivity contribution in [2.45, 2.75) is 19.6 Å². The lowest BCUT2D eigenvalue weighted by Crippen LogP contribution is -2.38. The van der Waals surface area contributed by atoms with Gasteiger partial charge >= 0.3 is 0 Å². The molecule has 24 heavy (non-hydrogen) atoms. The van der Waals surface area contributed by atoms with Gasteiger partial charge in [-0.2, -0.15) is 0 Å². The number of hydrogen-bond acceptors (Lipinski definition) is 3. The number of pyridine rings is 1. The second kappa shape index (κ2) is 9.90. The summed E-state index contributed by atoms with van der Waals surface area (Å²) in [6, 6.07) is 12.0. The second-order valence-electron chi connectivity index (χ2n) is 5.29. The minimum atomic E-state index is 0.513. The highest BCUT2D eigenvalue weighted by Crippen LogP contribution is 2.09. The quantitative estimate of drug-likeness (QED) is 0.460. The third kappa shape index (κ3) is 5.83. The standard InChI is InChI=1S/C18H23ClN4O/c1-20-18(21-10-9-14-7-8-17(19)22-11-14)23-12-15-5-3-4-6-16(15)13-24-2/h3-8,11H,9-10,12-13H2,1-2H3,(H2,20,21,23). The summed E-state index contributed by atoms with van der Waals surface area (Å²) < 4.78 is 5.24. The molecule has 0 unspecified atom stereocenters. The van der Waals surface area contributed by atoms with Gasteiger partial charge in [0.15, 0.2) is 5.96 Å². The monoisotopic (exact) mass is 346 g/mol. The van der Waals surface area contributed by atoms with E-state index in [-0.39, 0.29) is 0 Å². The van der Waals surface area contributed by atoms with Gasteiger partial charge in [0.2, 0.25) is 0 Å². The fourth-order valence-electron chi connectivity index (χ4n) is 2.31. The number of aliphatic imine (C=N–C) groups is 1. The molecule has 6 heteroatoms. The van der Waals surface area contributed by atoms with Gasteiger partial charge in [-0.25, -0.2) is 4.98 Å². The molecule has 0 amide bonds. The Bertz CT molecular complexity index is 658. The Kier molecular flexibility index (Phi) is 7.52. The van der Waals surface area contributed by atoms with E-state index in [0.29, 0.717) is 18.3 Å². The van der Waals surface area contributed by atoms with Crippen LogP contribution in [0.1, 0.15) is 16.7 Å². The molecule has 0 saturated carbocycles. The van der Waals surface area contributed by atoms with Crippen LogP contribution in [0, 0.1) is 0 Å². The molecule has 0 spiro atoms. The molecule has 0 radical (unpaired) electrons. The van der Waals surface area contributed by atoms with E-state index in [1.54, 1.807) is 26.4 Å². The van der Waals surface area contributed by atoms with Gasteiger partial charge in [0, 0.05) is 33.4 Å². The zero-order chi connectivity index (χ0) is 17.2. The Labute approximate surface area is 148 Å². The highest BCUT2D eigenvalue weighted by Gasteiger charge is 2.03. The zero-order valence-corrected chi connectivity index (χ0v) is 14.8. The summed E-state index contributed by atoms with van der Waals surface area (Å²) in [5, 5.41) is 7.14. The lowest BCUT2D eigenvalue weighted by atomic mass is 10.1. The van der Waals surface area contributed by atoms with Crippen LogP contribution in [-0.4, -0.2) is 31.6 Å². The van der Waals surface area contributed by atoms with Gasteiger partial charge in [-0.15, -0.1) is 0 Å². The molecule has 0 bridgehead atoms. The van der Waals surface area contributed by atoms with Gasteiger partial charge in [-0.05, 0) is 29.2 Å². The average Bonchev–Trinajstić information content (AvgIpc) is 2.61. The summed E-state index contributed by atoms with van der Waals surface area (Å²) in [6.07, 6.45) is 2.65. The summed E-state index contributed by atoms with van der Waals surface area (Å²) in [6.45, 7) is 2.07. The molecule has 0 aliphatic rings. The first-order valence-corrected chi connectivity index (χ1v) is 8.21. The Morgan fingerprint density at radius 3 is 2.62 bits per heavy atom. The maximum Gasteiger partial charge on any atom is 0.191 e. The Morgan fingerprint density at radius 2 is 1.96 bits per heavy atom. The van der Waals surface area contributed by atoms with Crippen molar-refractivity contribution < 1.29 is 4.74 Å². The van der Waals surface area contributed by atoms with Crippen LogP contribution < -0.4 is 10.6 Å². The number of benzene rings is 1. The van der Waals surface area contributed by atoms with E-state index in [0.717, 1.165) is 24.5 Å². The van der Waals surface area contributed by atoms with Gasteiger partial charge in [0.05, 0.1) is 6.61 Å². The van der Waals surface area contributed by atoms with Crippen molar-refractivity contribution in [3.8, 4) is 0 Å². The second-order valence-corrected chi connectivity index (χ2v) is 5.68. The molecule has 1 aromatic heterocycles. The van der Waals surface area contributed by atoms with Crippen LogP contribution in [0.3, 0.4) is 0 Å². The number of methoxy groups -OCH3 is 1. The third-order valence-corrected chi connectivity index (χ3v) is 3.81. The van der Waals surface area contributed by atoms with Gasteiger partial charge in [-0.3, -0.25) is 4.99 Å². The molecule has 2 N–H and O–H groups in total. The van der Waals surface area contributed by atoms with E-state index < -0.39 is 0 Å². The van der Waals surface area contributed by atoms with Crippen molar-refractivity contribution in [1.82, 2.24) is 15.6 Å². The van der Waals surface area contributed by atoms with Crippen molar-refractivity contribution in [1.29, 1.82) is 0 Å². The summed E-state index contributed by atoms with van der Waals surface area (Å²) in [5.74, 6) is 0.768. The van der Waals surface area contributed by atoms with E-state index in [9.17, 15) is 0 Å². The average molecular weight is 347 g/mol. The number of guanidine groups is 1. The number of rotatable bonds is 7. The fraction of sp³-hybridized carbons (Fsp3) is 0.333. The van der Waals surface area contributed by atoms with Crippen molar-refractivity contribution >= 4 is 17.6 Å². The minimum absolute atomic E-state index is 0.513. The van der Waals surface area contributed by atoms with Gasteiger partial charge < -0.3 is 15.4 Å². The molecule has 1 heterocycles. The lowest BCUT2D eigenvalue weighted by molar-refractivity contribution is 0.184. The Hall–Kier alpha value is -2.11. The SMILES string of the molecule is CN=C(NCCc1ccc(Cl)nc1)NCc1ccccc1COC. The highest BCUT2D eigenvalue weighted by molar-refractivity contribution is 6.29. The normalized spacial score (nSPS) is 11.4. The first-order chi connectivity index (χ1) is 11.7. The molecule has 0 atom stereocenters. The first kappa shape index (κ1) is 18.2. The summed E-state index contributed by atoms with van der Waals surface area (Å²) >= 11 is 5.79. The largest absolute Gasteiger partial charge is 0.380 e. The molecule has 0 fully saturated rings. The minimum Gasteiger partial charge on any atom is -0.380 e. The lowest BCUT2D eigenvalue weighted by Gasteiger charge is -2.14. The smallest absolute Gasteiger partial charge is 0.191 e. The summed E-state index contributed by atoms with van der Waals surface area (Å²) in [5.41, 5.74) is 3.51. The predicted octanol–water partition coefficient (Wildman–Crippen LogP) is 2.79. The fourth-order valence-corrected chi connectivity index (χ4v) is 2.42. The van der Waals surface area contributed by atoms with E-state index in [2.05, 4.69) is 32.7 Å².